The monoisotopic (exact) mass is 237 g/mol. The first-order valence-electron chi connectivity index (χ1n) is 4.56. The first-order chi connectivity index (χ1) is 6.33. The van der Waals surface area contributed by atoms with Crippen molar-refractivity contribution >= 4 is 21.6 Å². The summed E-state index contributed by atoms with van der Waals surface area (Å²) in [7, 11) is 1.88. The molecule has 0 saturated heterocycles. The lowest BCUT2D eigenvalue weighted by Crippen LogP contribution is -2.12. The second kappa shape index (κ2) is 3.62. The Morgan fingerprint density at radius 3 is 2.92 bits per heavy atom. The fourth-order valence-electron chi connectivity index (χ4n) is 1.90. The fraction of sp³-hybridized carbons (Fsp3) is 0.364. The molecule has 1 nitrogen and oxygen atoms in total. The van der Waals surface area contributed by atoms with E-state index < -0.39 is 0 Å². The molecule has 1 aliphatic carbocycles. The summed E-state index contributed by atoms with van der Waals surface area (Å²) in [6, 6.07) is 6.39. The van der Waals surface area contributed by atoms with E-state index in [0.29, 0.717) is 0 Å². The van der Waals surface area contributed by atoms with Gasteiger partial charge in [-0.2, -0.15) is 0 Å². The van der Waals surface area contributed by atoms with Crippen LogP contribution in [-0.4, -0.2) is 12.8 Å². The third-order valence-corrected chi connectivity index (χ3v) is 3.18. The average molecular weight is 238 g/mol. The second-order valence-electron chi connectivity index (χ2n) is 3.30. The molecular weight excluding hydrogens is 226 g/mol. The van der Waals surface area contributed by atoms with Crippen molar-refractivity contribution in [1.82, 2.24) is 0 Å². The molecule has 0 amide bonds. The van der Waals surface area contributed by atoms with E-state index in [4.69, 9.17) is 0 Å². The smallest absolute Gasteiger partial charge is 0.0431 e. The Morgan fingerprint density at radius 2 is 2.15 bits per heavy atom. The highest BCUT2D eigenvalue weighted by Crippen LogP contribution is 2.28. The van der Waals surface area contributed by atoms with Crippen LogP contribution < -0.4 is 0 Å². The number of aryl methyl sites for hydroxylation is 1. The summed E-state index contributed by atoms with van der Waals surface area (Å²) in [5.74, 6) is 0. The van der Waals surface area contributed by atoms with Gasteiger partial charge in [0.1, 0.15) is 0 Å². The van der Waals surface area contributed by atoms with E-state index in [2.05, 4.69) is 39.1 Å². The maximum absolute atomic E-state index is 4.34. The average Bonchev–Trinajstić information content (AvgIpc) is 2.17. The number of aliphatic imine (C=N–C) groups is 1. The van der Waals surface area contributed by atoms with Gasteiger partial charge in [-0.05, 0) is 30.9 Å². The molecule has 0 saturated carbocycles. The number of hydrogen-bond donors (Lipinski definition) is 0. The summed E-state index contributed by atoms with van der Waals surface area (Å²) in [6.07, 6.45) is 3.54. The number of hydrogen-bond acceptors (Lipinski definition) is 1. The van der Waals surface area contributed by atoms with Crippen LogP contribution in [0.1, 0.15) is 24.0 Å². The van der Waals surface area contributed by atoms with Gasteiger partial charge in [-0.3, -0.25) is 4.99 Å². The van der Waals surface area contributed by atoms with E-state index in [1.54, 1.807) is 0 Å². The molecule has 0 heterocycles. The molecule has 0 N–H and O–H groups in total. The molecule has 1 aliphatic rings. The predicted molar refractivity (Wildman–Crippen MR) is 59.5 cm³/mol. The van der Waals surface area contributed by atoms with Gasteiger partial charge in [0.05, 0.1) is 0 Å². The van der Waals surface area contributed by atoms with Crippen molar-refractivity contribution in [2.45, 2.75) is 19.3 Å². The molecule has 0 fully saturated rings. The van der Waals surface area contributed by atoms with Crippen LogP contribution in [-0.2, 0) is 6.42 Å². The Labute approximate surface area is 87.0 Å². The molecule has 68 valence electrons. The first-order valence-corrected chi connectivity index (χ1v) is 5.35. The molecule has 0 unspecified atom stereocenters. The van der Waals surface area contributed by atoms with Crippen molar-refractivity contribution in [2.75, 3.05) is 7.05 Å². The topological polar surface area (TPSA) is 12.4 Å². The summed E-state index contributed by atoms with van der Waals surface area (Å²) in [4.78, 5) is 4.34. The minimum atomic E-state index is 1.12. The molecule has 0 atom stereocenters. The molecule has 1 aromatic rings. The van der Waals surface area contributed by atoms with Crippen LogP contribution in [0.4, 0.5) is 0 Å². The summed E-state index contributed by atoms with van der Waals surface area (Å²) in [6.45, 7) is 0. The Hall–Kier alpha value is -0.630. The van der Waals surface area contributed by atoms with Gasteiger partial charge in [0.15, 0.2) is 0 Å². The van der Waals surface area contributed by atoms with Gasteiger partial charge in [0.25, 0.3) is 0 Å². The van der Waals surface area contributed by atoms with Crippen molar-refractivity contribution in [3.63, 3.8) is 0 Å². The molecule has 2 rings (SSSR count). The Balaban J connectivity index is 2.60. The third kappa shape index (κ3) is 1.55. The summed E-state index contributed by atoms with van der Waals surface area (Å²) < 4.78 is 1.19. The summed E-state index contributed by atoms with van der Waals surface area (Å²) >= 11 is 3.58. The predicted octanol–water partition coefficient (Wildman–Crippen LogP) is 3.20. The Kier molecular flexibility index (Phi) is 2.49. The van der Waals surface area contributed by atoms with Crippen LogP contribution in [0.3, 0.4) is 0 Å². The van der Waals surface area contributed by atoms with Gasteiger partial charge in [-0.1, -0.05) is 28.1 Å². The number of nitrogens with zero attached hydrogens (tertiary/aromatic N) is 1. The van der Waals surface area contributed by atoms with E-state index in [-0.39, 0.29) is 0 Å². The lowest BCUT2D eigenvalue weighted by Gasteiger charge is -2.18. The molecular formula is C11H12BrN. The SMILES string of the molecule is C/N=C1\CCCc2cccc(Br)c21. The maximum atomic E-state index is 4.34. The molecule has 0 bridgehead atoms. The van der Waals surface area contributed by atoms with Crippen molar-refractivity contribution in [3.8, 4) is 0 Å². The van der Waals surface area contributed by atoms with E-state index in [9.17, 15) is 0 Å². The quantitative estimate of drug-likeness (QED) is 0.658. The minimum Gasteiger partial charge on any atom is -0.292 e. The van der Waals surface area contributed by atoms with Gasteiger partial charge in [0.2, 0.25) is 0 Å². The van der Waals surface area contributed by atoms with Gasteiger partial charge in [0, 0.05) is 22.8 Å². The van der Waals surface area contributed by atoms with Crippen LogP contribution in [0, 0.1) is 0 Å². The Bertz CT molecular complexity index is 355. The van der Waals surface area contributed by atoms with Gasteiger partial charge >= 0.3 is 0 Å². The van der Waals surface area contributed by atoms with Crippen molar-refractivity contribution in [2.24, 2.45) is 4.99 Å². The van der Waals surface area contributed by atoms with Gasteiger partial charge in [-0.25, -0.2) is 0 Å². The zero-order chi connectivity index (χ0) is 9.26. The largest absolute Gasteiger partial charge is 0.292 e. The second-order valence-corrected chi connectivity index (χ2v) is 4.15. The lowest BCUT2D eigenvalue weighted by molar-refractivity contribution is 0.836. The maximum Gasteiger partial charge on any atom is 0.0431 e. The van der Waals surface area contributed by atoms with Crippen LogP contribution in [0.2, 0.25) is 0 Å². The van der Waals surface area contributed by atoms with E-state index in [1.165, 1.54) is 34.2 Å². The number of benzene rings is 1. The molecule has 2 heteroatoms. The van der Waals surface area contributed by atoms with Gasteiger partial charge in [-0.15, -0.1) is 0 Å². The first kappa shape index (κ1) is 8.95. The van der Waals surface area contributed by atoms with Crippen LogP contribution in [0.5, 0.6) is 0 Å². The molecule has 0 aliphatic heterocycles. The number of fused-ring (bicyclic) bond motifs is 1. The van der Waals surface area contributed by atoms with Crippen LogP contribution in [0.25, 0.3) is 0 Å². The van der Waals surface area contributed by atoms with Crippen LogP contribution in [0.15, 0.2) is 27.7 Å². The van der Waals surface area contributed by atoms with Gasteiger partial charge < -0.3 is 0 Å². The number of halogens is 1. The molecule has 0 aromatic heterocycles. The van der Waals surface area contributed by atoms with Crippen molar-refractivity contribution in [1.29, 1.82) is 0 Å². The van der Waals surface area contributed by atoms with Crippen molar-refractivity contribution in [3.05, 3.63) is 33.8 Å². The molecule has 0 radical (unpaired) electrons. The van der Waals surface area contributed by atoms with E-state index in [1.807, 2.05) is 7.05 Å². The zero-order valence-corrected chi connectivity index (χ0v) is 9.26. The summed E-state index contributed by atoms with van der Waals surface area (Å²) in [5, 5.41) is 0. The molecule has 13 heavy (non-hydrogen) atoms. The normalized spacial score (nSPS) is 18.8. The summed E-state index contributed by atoms with van der Waals surface area (Å²) in [5.41, 5.74) is 4.01. The number of rotatable bonds is 0. The van der Waals surface area contributed by atoms with E-state index >= 15 is 0 Å². The highest BCUT2D eigenvalue weighted by Gasteiger charge is 2.16. The van der Waals surface area contributed by atoms with Crippen molar-refractivity contribution < 1.29 is 0 Å². The minimum absolute atomic E-state index is 1.12. The highest BCUT2D eigenvalue weighted by molar-refractivity contribution is 9.10. The standard InChI is InChI=1S/C11H12BrN/c1-13-10-7-3-5-8-4-2-6-9(12)11(8)10/h2,4,6H,3,5,7H2,1H3/b13-10+. The van der Waals surface area contributed by atoms with Crippen LogP contribution >= 0.6 is 15.9 Å². The highest BCUT2D eigenvalue weighted by atomic mass is 79.9. The molecule has 1 aromatic carbocycles. The molecule has 0 spiro atoms. The third-order valence-electron chi connectivity index (χ3n) is 2.52. The van der Waals surface area contributed by atoms with E-state index in [0.717, 1.165) is 6.42 Å². The lowest BCUT2D eigenvalue weighted by atomic mass is 9.90. The Morgan fingerprint density at radius 1 is 1.31 bits per heavy atom. The zero-order valence-electron chi connectivity index (χ0n) is 7.68. The fourth-order valence-corrected chi connectivity index (χ4v) is 2.53.